The Morgan fingerprint density at radius 2 is 2.17 bits per heavy atom. The average Bonchev–Trinajstić information content (AvgIpc) is 2.76. The number of nitrogens with two attached hydrogens (primary N) is 1. The van der Waals surface area contributed by atoms with E-state index in [-0.39, 0.29) is 11.9 Å². The fourth-order valence-corrected chi connectivity index (χ4v) is 3.02. The van der Waals surface area contributed by atoms with E-state index in [4.69, 9.17) is 5.73 Å². The zero-order chi connectivity index (χ0) is 13.1. The van der Waals surface area contributed by atoms with Gasteiger partial charge in [-0.15, -0.1) is 11.3 Å². The predicted octanol–water partition coefficient (Wildman–Crippen LogP) is 3.43. The molecule has 2 aromatic rings. The molecule has 0 saturated carbocycles. The number of halogens is 1. The van der Waals surface area contributed by atoms with Gasteiger partial charge in [-0.05, 0) is 47.2 Å². The molecule has 3 nitrogen and oxygen atoms in total. The molecule has 1 amide bonds. The summed E-state index contributed by atoms with van der Waals surface area (Å²) >= 11 is 3.76. The summed E-state index contributed by atoms with van der Waals surface area (Å²) in [5.41, 5.74) is 8.23. The predicted molar refractivity (Wildman–Crippen MR) is 83.8 cm³/mol. The molecule has 3 N–H and O–H groups in total. The van der Waals surface area contributed by atoms with Crippen LogP contribution in [-0.4, -0.2) is 5.91 Å². The first-order valence-electron chi connectivity index (χ1n) is 5.47. The number of para-hydroxylation sites is 1. The maximum Gasteiger partial charge on any atom is 0.252 e. The Kier molecular flexibility index (Phi) is 4.23. The molecule has 0 aliphatic rings. The number of nitrogen functional groups attached to an aromatic ring is 1. The van der Waals surface area contributed by atoms with Gasteiger partial charge in [0.1, 0.15) is 0 Å². The van der Waals surface area contributed by atoms with E-state index in [2.05, 4.69) is 27.9 Å². The van der Waals surface area contributed by atoms with Crippen LogP contribution in [0.3, 0.4) is 0 Å². The third kappa shape index (κ3) is 3.02. The quantitative estimate of drug-likeness (QED) is 0.641. The Balaban J connectivity index is 2.10. The smallest absolute Gasteiger partial charge is 0.252 e. The molecule has 1 unspecified atom stereocenters. The molecule has 5 heteroatoms. The van der Waals surface area contributed by atoms with Crippen LogP contribution in [0.25, 0.3) is 0 Å². The van der Waals surface area contributed by atoms with Crippen LogP contribution in [0.4, 0.5) is 5.69 Å². The molecule has 0 fully saturated rings. The highest BCUT2D eigenvalue weighted by atomic mass is 127. The van der Waals surface area contributed by atoms with E-state index in [1.165, 1.54) is 0 Å². The number of carbonyl (C=O) groups excluding carboxylic acids is 1. The summed E-state index contributed by atoms with van der Waals surface area (Å²) in [7, 11) is 0. The van der Waals surface area contributed by atoms with Crippen molar-refractivity contribution < 1.29 is 4.79 Å². The number of amides is 1. The van der Waals surface area contributed by atoms with Crippen molar-refractivity contribution in [2.24, 2.45) is 0 Å². The van der Waals surface area contributed by atoms with Crippen molar-refractivity contribution in [3.05, 3.63) is 49.7 Å². The standard InChI is InChI=1S/C13H13IN2OS/c1-8(10-4-2-3-5-11(10)15)16-13(17)9-6-12(14)18-7-9/h2-8H,15H2,1H3,(H,16,17). The van der Waals surface area contributed by atoms with Crippen LogP contribution >= 0.6 is 33.9 Å². The van der Waals surface area contributed by atoms with E-state index < -0.39 is 0 Å². The summed E-state index contributed by atoms with van der Waals surface area (Å²) in [6.07, 6.45) is 0. The Labute approximate surface area is 124 Å². The van der Waals surface area contributed by atoms with Crippen molar-refractivity contribution in [3.8, 4) is 0 Å². The van der Waals surface area contributed by atoms with E-state index in [0.717, 1.165) is 8.45 Å². The number of hydrogen-bond donors (Lipinski definition) is 2. The lowest BCUT2D eigenvalue weighted by Crippen LogP contribution is -2.26. The summed E-state index contributed by atoms with van der Waals surface area (Å²) in [6, 6.07) is 9.35. The van der Waals surface area contributed by atoms with E-state index >= 15 is 0 Å². The summed E-state index contributed by atoms with van der Waals surface area (Å²) in [6.45, 7) is 1.93. The van der Waals surface area contributed by atoms with Crippen LogP contribution in [0.1, 0.15) is 28.9 Å². The molecular formula is C13H13IN2OS. The van der Waals surface area contributed by atoms with Crippen LogP contribution in [0.5, 0.6) is 0 Å². The maximum absolute atomic E-state index is 12.0. The Morgan fingerprint density at radius 3 is 2.78 bits per heavy atom. The molecule has 1 atom stereocenters. The van der Waals surface area contributed by atoms with Crippen molar-refractivity contribution in [1.82, 2.24) is 5.32 Å². The normalized spacial score (nSPS) is 12.1. The van der Waals surface area contributed by atoms with Crippen molar-refractivity contribution in [1.29, 1.82) is 0 Å². The summed E-state index contributed by atoms with van der Waals surface area (Å²) in [5.74, 6) is -0.0649. The zero-order valence-corrected chi connectivity index (χ0v) is 12.8. The third-order valence-corrected chi connectivity index (χ3v) is 4.43. The lowest BCUT2D eigenvalue weighted by atomic mass is 10.1. The molecule has 2 rings (SSSR count). The summed E-state index contributed by atoms with van der Waals surface area (Å²) in [4.78, 5) is 12.0. The Morgan fingerprint density at radius 1 is 1.44 bits per heavy atom. The van der Waals surface area contributed by atoms with Crippen molar-refractivity contribution >= 4 is 45.5 Å². The van der Waals surface area contributed by atoms with Gasteiger partial charge in [-0.1, -0.05) is 18.2 Å². The highest BCUT2D eigenvalue weighted by Crippen LogP contribution is 2.21. The van der Waals surface area contributed by atoms with Gasteiger partial charge >= 0.3 is 0 Å². The fourth-order valence-electron chi connectivity index (χ4n) is 1.69. The van der Waals surface area contributed by atoms with Gasteiger partial charge in [0.2, 0.25) is 0 Å². The second-order valence-corrected chi connectivity index (χ2v) is 6.77. The van der Waals surface area contributed by atoms with Gasteiger partial charge < -0.3 is 11.1 Å². The van der Waals surface area contributed by atoms with E-state index in [9.17, 15) is 4.79 Å². The first-order chi connectivity index (χ1) is 8.58. The monoisotopic (exact) mass is 372 g/mol. The van der Waals surface area contributed by atoms with Gasteiger partial charge in [0.25, 0.3) is 5.91 Å². The van der Waals surface area contributed by atoms with Crippen molar-refractivity contribution in [3.63, 3.8) is 0 Å². The molecule has 0 saturated heterocycles. The molecule has 0 bridgehead atoms. The molecule has 1 aromatic carbocycles. The SMILES string of the molecule is CC(NC(=O)c1csc(I)c1)c1ccccc1N. The second-order valence-electron chi connectivity index (χ2n) is 3.96. The first kappa shape index (κ1) is 13.4. The largest absolute Gasteiger partial charge is 0.398 e. The second kappa shape index (κ2) is 5.71. The van der Waals surface area contributed by atoms with Crippen LogP contribution < -0.4 is 11.1 Å². The molecule has 0 aliphatic heterocycles. The number of benzene rings is 1. The van der Waals surface area contributed by atoms with Gasteiger partial charge in [-0.25, -0.2) is 0 Å². The number of hydrogen-bond acceptors (Lipinski definition) is 3. The van der Waals surface area contributed by atoms with Gasteiger partial charge in [0, 0.05) is 11.1 Å². The number of thiophene rings is 1. The minimum Gasteiger partial charge on any atom is -0.398 e. The van der Waals surface area contributed by atoms with Crippen LogP contribution in [0, 0.1) is 2.88 Å². The Bertz CT molecular complexity index is 568. The maximum atomic E-state index is 12.0. The zero-order valence-electron chi connectivity index (χ0n) is 9.81. The van der Waals surface area contributed by atoms with E-state index in [1.807, 2.05) is 42.6 Å². The van der Waals surface area contributed by atoms with Crippen LogP contribution in [0.2, 0.25) is 0 Å². The molecule has 94 valence electrons. The van der Waals surface area contributed by atoms with Gasteiger partial charge in [0.05, 0.1) is 14.5 Å². The molecule has 0 radical (unpaired) electrons. The molecule has 0 spiro atoms. The van der Waals surface area contributed by atoms with E-state index in [1.54, 1.807) is 11.3 Å². The summed E-state index contributed by atoms with van der Waals surface area (Å²) < 4.78 is 1.10. The highest BCUT2D eigenvalue weighted by molar-refractivity contribution is 14.1. The summed E-state index contributed by atoms with van der Waals surface area (Å²) in [5, 5.41) is 4.81. The number of anilines is 1. The average molecular weight is 372 g/mol. The van der Waals surface area contributed by atoms with Crippen molar-refractivity contribution in [2.45, 2.75) is 13.0 Å². The molecule has 1 heterocycles. The molecule has 1 aromatic heterocycles. The van der Waals surface area contributed by atoms with Crippen molar-refractivity contribution in [2.75, 3.05) is 5.73 Å². The topological polar surface area (TPSA) is 55.1 Å². The van der Waals surface area contributed by atoms with E-state index in [0.29, 0.717) is 11.3 Å². The van der Waals surface area contributed by atoms with Gasteiger partial charge in [-0.3, -0.25) is 4.79 Å². The molecular weight excluding hydrogens is 359 g/mol. The van der Waals surface area contributed by atoms with Gasteiger partial charge in [-0.2, -0.15) is 0 Å². The fraction of sp³-hybridized carbons (Fsp3) is 0.154. The lowest BCUT2D eigenvalue weighted by Gasteiger charge is -2.15. The number of nitrogens with one attached hydrogen (secondary N) is 1. The lowest BCUT2D eigenvalue weighted by molar-refractivity contribution is 0.0940. The Hall–Kier alpha value is -1.08. The van der Waals surface area contributed by atoms with Crippen LogP contribution in [0.15, 0.2) is 35.7 Å². The van der Waals surface area contributed by atoms with Crippen LogP contribution in [-0.2, 0) is 0 Å². The third-order valence-electron chi connectivity index (χ3n) is 2.64. The molecule has 18 heavy (non-hydrogen) atoms. The highest BCUT2D eigenvalue weighted by Gasteiger charge is 2.14. The van der Waals surface area contributed by atoms with Gasteiger partial charge in [0.15, 0.2) is 0 Å². The first-order valence-corrected chi connectivity index (χ1v) is 7.43. The molecule has 0 aliphatic carbocycles. The number of carbonyl (C=O) groups is 1. The minimum atomic E-state index is -0.101. The number of rotatable bonds is 3. The minimum absolute atomic E-state index is 0.0649.